The molecule has 17 heavy (non-hydrogen) atoms. The van der Waals surface area contributed by atoms with Crippen LogP contribution in [0.1, 0.15) is 5.56 Å². The largest absolute Gasteiger partial charge is 0.264 e. The van der Waals surface area contributed by atoms with Gasteiger partial charge in [0, 0.05) is 11.1 Å². The number of sulfonamides is 1. The van der Waals surface area contributed by atoms with Crippen molar-refractivity contribution >= 4 is 27.4 Å². The summed E-state index contributed by atoms with van der Waals surface area (Å²) in [5.74, 6) is 0.307. The number of nitrogens with zero attached hydrogens (tertiary/aromatic N) is 1. The van der Waals surface area contributed by atoms with E-state index in [1.807, 2.05) is 0 Å². The minimum atomic E-state index is -3.63. The van der Waals surface area contributed by atoms with E-state index < -0.39 is 10.0 Å². The number of hydrogen-bond donors (Lipinski definition) is 2. The number of aromatic nitrogens is 2. The van der Waals surface area contributed by atoms with Crippen molar-refractivity contribution in [3.05, 3.63) is 41.0 Å². The molecule has 7 heteroatoms. The SMILES string of the molecule is Cc1ccc(S(=O)(=O)Nc2ccn[nH]2)cc1Cl. The monoisotopic (exact) mass is 271 g/mol. The van der Waals surface area contributed by atoms with Gasteiger partial charge in [-0.15, -0.1) is 0 Å². The first kappa shape index (κ1) is 11.9. The molecule has 5 nitrogen and oxygen atoms in total. The molecule has 0 aliphatic heterocycles. The quantitative estimate of drug-likeness (QED) is 0.898. The Morgan fingerprint density at radius 3 is 2.71 bits per heavy atom. The molecule has 90 valence electrons. The summed E-state index contributed by atoms with van der Waals surface area (Å²) in [6, 6.07) is 6.09. The van der Waals surface area contributed by atoms with Gasteiger partial charge in [-0.2, -0.15) is 5.10 Å². The van der Waals surface area contributed by atoms with Gasteiger partial charge in [-0.25, -0.2) is 8.42 Å². The van der Waals surface area contributed by atoms with Crippen LogP contribution in [0, 0.1) is 6.92 Å². The Morgan fingerprint density at radius 1 is 1.35 bits per heavy atom. The van der Waals surface area contributed by atoms with E-state index in [0.717, 1.165) is 5.56 Å². The molecule has 0 spiro atoms. The maximum Gasteiger partial charge on any atom is 0.263 e. The molecular weight excluding hydrogens is 262 g/mol. The average Bonchev–Trinajstić information content (AvgIpc) is 2.73. The molecule has 0 fully saturated rings. The van der Waals surface area contributed by atoms with Crippen molar-refractivity contribution in [1.29, 1.82) is 0 Å². The van der Waals surface area contributed by atoms with E-state index in [1.54, 1.807) is 13.0 Å². The van der Waals surface area contributed by atoms with E-state index in [-0.39, 0.29) is 4.90 Å². The van der Waals surface area contributed by atoms with Crippen LogP contribution in [0.2, 0.25) is 5.02 Å². The second-order valence-corrected chi connectivity index (χ2v) is 5.58. The van der Waals surface area contributed by atoms with Crippen LogP contribution in [0.3, 0.4) is 0 Å². The molecule has 0 saturated carbocycles. The van der Waals surface area contributed by atoms with Crippen molar-refractivity contribution in [3.8, 4) is 0 Å². The highest BCUT2D eigenvalue weighted by Crippen LogP contribution is 2.21. The molecule has 0 unspecified atom stereocenters. The number of aryl methyl sites for hydroxylation is 1. The molecule has 0 atom stereocenters. The van der Waals surface area contributed by atoms with E-state index in [9.17, 15) is 8.42 Å². The number of halogens is 1. The summed E-state index contributed by atoms with van der Waals surface area (Å²) in [6.45, 7) is 1.81. The molecule has 1 aromatic carbocycles. The van der Waals surface area contributed by atoms with Crippen LogP contribution >= 0.6 is 11.6 Å². The zero-order valence-corrected chi connectivity index (χ0v) is 10.5. The Hall–Kier alpha value is -1.53. The average molecular weight is 272 g/mol. The molecule has 0 bridgehead atoms. The minimum absolute atomic E-state index is 0.114. The minimum Gasteiger partial charge on any atom is -0.264 e. The lowest BCUT2D eigenvalue weighted by atomic mass is 10.2. The van der Waals surface area contributed by atoms with Crippen molar-refractivity contribution in [2.45, 2.75) is 11.8 Å². The van der Waals surface area contributed by atoms with Crippen molar-refractivity contribution in [3.63, 3.8) is 0 Å². The van der Waals surface area contributed by atoms with Crippen LogP contribution in [0.15, 0.2) is 35.4 Å². The smallest absolute Gasteiger partial charge is 0.263 e. The summed E-state index contributed by atoms with van der Waals surface area (Å²) in [5.41, 5.74) is 0.826. The van der Waals surface area contributed by atoms with E-state index >= 15 is 0 Å². The Balaban J connectivity index is 2.35. The third kappa shape index (κ3) is 2.59. The van der Waals surface area contributed by atoms with E-state index in [1.165, 1.54) is 24.4 Å². The molecule has 1 aromatic heterocycles. The van der Waals surface area contributed by atoms with Crippen molar-refractivity contribution in [2.24, 2.45) is 0 Å². The highest BCUT2D eigenvalue weighted by Gasteiger charge is 2.15. The molecular formula is C10H10ClN3O2S. The van der Waals surface area contributed by atoms with Gasteiger partial charge >= 0.3 is 0 Å². The summed E-state index contributed by atoms with van der Waals surface area (Å²) < 4.78 is 26.2. The number of aromatic amines is 1. The van der Waals surface area contributed by atoms with Crippen molar-refractivity contribution in [2.75, 3.05) is 4.72 Å². The highest BCUT2D eigenvalue weighted by molar-refractivity contribution is 7.92. The van der Waals surface area contributed by atoms with Gasteiger partial charge in [0.1, 0.15) is 5.82 Å². The summed E-state index contributed by atoms with van der Waals surface area (Å²) in [7, 11) is -3.63. The fourth-order valence-corrected chi connectivity index (χ4v) is 2.54. The van der Waals surface area contributed by atoms with Crippen LogP contribution in [0.5, 0.6) is 0 Å². The van der Waals surface area contributed by atoms with E-state index in [0.29, 0.717) is 10.8 Å². The number of hydrogen-bond acceptors (Lipinski definition) is 3. The zero-order valence-electron chi connectivity index (χ0n) is 8.94. The van der Waals surface area contributed by atoms with Gasteiger partial charge in [0.25, 0.3) is 10.0 Å². The Bertz CT molecular complexity index is 623. The van der Waals surface area contributed by atoms with Crippen LogP contribution in [0.25, 0.3) is 0 Å². The normalized spacial score (nSPS) is 11.4. The fourth-order valence-electron chi connectivity index (χ4n) is 1.26. The van der Waals surface area contributed by atoms with Gasteiger partial charge in [-0.05, 0) is 24.6 Å². The Labute approximate surface area is 104 Å². The number of H-pyrrole nitrogens is 1. The third-order valence-corrected chi connectivity index (χ3v) is 3.97. The summed E-state index contributed by atoms with van der Waals surface area (Å²) in [4.78, 5) is 0.114. The standard InChI is InChI=1S/C10H10ClN3O2S/c1-7-2-3-8(6-9(7)11)17(15,16)14-10-4-5-12-13-10/h2-6H,1H3,(H2,12,13,14). The third-order valence-electron chi connectivity index (χ3n) is 2.20. The van der Waals surface area contributed by atoms with Gasteiger partial charge < -0.3 is 0 Å². The number of rotatable bonds is 3. The lowest BCUT2D eigenvalue weighted by Crippen LogP contribution is -2.13. The van der Waals surface area contributed by atoms with Gasteiger partial charge in [0.2, 0.25) is 0 Å². The van der Waals surface area contributed by atoms with Crippen molar-refractivity contribution < 1.29 is 8.42 Å². The maximum atomic E-state index is 11.9. The van der Waals surface area contributed by atoms with Gasteiger partial charge in [-0.3, -0.25) is 9.82 Å². The molecule has 0 radical (unpaired) electrons. The highest BCUT2D eigenvalue weighted by atomic mass is 35.5. The van der Waals surface area contributed by atoms with Gasteiger partial charge in [0.05, 0.1) is 11.1 Å². The molecule has 2 aromatic rings. The molecule has 0 aliphatic rings. The number of nitrogens with one attached hydrogen (secondary N) is 2. The first-order valence-electron chi connectivity index (χ1n) is 4.77. The van der Waals surface area contributed by atoms with Crippen LogP contribution < -0.4 is 4.72 Å². The maximum absolute atomic E-state index is 11.9. The first-order valence-corrected chi connectivity index (χ1v) is 6.63. The number of benzene rings is 1. The van der Waals surface area contributed by atoms with E-state index in [4.69, 9.17) is 11.6 Å². The zero-order chi connectivity index (χ0) is 12.5. The topological polar surface area (TPSA) is 74.8 Å². The van der Waals surface area contributed by atoms with Crippen LogP contribution in [-0.4, -0.2) is 18.6 Å². The second kappa shape index (κ2) is 4.38. The van der Waals surface area contributed by atoms with Crippen LogP contribution in [0.4, 0.5) is 5.82 Å². The summed E-state index contributed by atoms with van der Waals surface area (Å²) in [5, 5.41) is 6.58. The van der Waals surface area contributed by atoms with Gasteiger partial charge in [-0.1, -0.05) is 17.7 Å². The number of anilines is 1. The van der Waals surface area contributed by atoms with E-state index in [2.05, 4.69) is 14.9 Å². The predicted molar refractivity (Wildman–Crippen MR) is 65.6 cm³/mol. The van der Waals surface area contributed by atoms with Crippen LogP contribution in [-0.2, 0) is 10.0 Å². The summed E-state index contributed by atoms with van der Waals surface area (Å²) in [6.07, 6.45) is 1.46. The molecule has 0 aliphatic carbocycles. The lowest BCUT2D eigenvalue weighted by molar-refractivity contribution is 0.601. The first-order chi connectivity index (χ1) is 7.99. The second-order valence-electron chi connectivity index (χ2n) is 3.49. The summed E-state index contributed by atoms with van der Waals surface area (Å²) >= 11 is 5.89. The molecule has 0 amide bonds. The predicted octanol–water partition coefficient (Wildman–Crippen LogP) is 2.17. The molecule has 2 N–H and O–H groups in total. The Morgan fingerprint density at radius 2 is 2.12 bits per heavy atom. The Kier molecular flexibility index (Phi) is 3.08. The van der Waals surface area contributed by atoms with Crippen molar-refractivity contribution in [1.82, 2.24) is 10.2 Å². The molecule has 1 heterocycles. The van der Waals surface area contributed by atoms with Gasteiger partial charge in [0.15, 0.2) is 0 Å². The molecule has 2 rings (SSSR count). The molecule has 0 saturated heterocycles. The lowest BCUT2D eigenvalue weighted by Gasteiger charge is -2.07. The fraction of sp³-hybridized carbons (Fsp3) is 0.100.